The zero-order valence-electron chi connectivity index (χ0n) is 13.0. The van der Waals surface area contributed by atoms with Gasteiger partial charge in [-0.3, -0.25) is 4.68 Å². The number of aliphatic hydroxyl groups excluding tert-OH is 1. The number of rotatable bonds is 6. The average molecular weight is 280 g/mol. The molecule has 5 heteroatoms. The molecule has 1 aliphatic heterocycles. The van der Waals surface area contributed by atoms with Gasteiger partial charge in [-0.25, -0.2) is 0 Å². The molecule has 1 aromatic rings. The molecule has 0 atom stereocenters. The van der Waals surface area contributed by atoms with Crippen molar-refractivity contribution < 1.29 is 5.11 Å². The van der Waals surface area contributed by atoms with Gasteiger partial charge in [0.15, 0.2) is 0 Å². The summed E-state index contributed by atoms with van der Waals surface area (Å²) in [6.07, 6.45) is 3.29. The first-order valence-electron chi connectivity index (χ1n) is 7.76. The van der Waals surface area contributed by atoms with Crippen molar-refractivity contribution in [3.8, 4) is 0 Å². The Labute approximate surface area is 122 Å². The summed E-state index contributed by atoms with van der Waals surface area (Å²) >= 11 is 0. The Balaban J connectivity index is 2.10. The number of hydrogen-bond acceptors (Lipinski definition) is 4. The molecule has 5 nitrogen and oxygen atoms in total. The summed E-state index contributed by atoms with van der Waals surface area (Å²) in [6, 6.07) is 0. The van der Waals surface area contributed by atoms with Crippen LogP contribution in [0.2, 0.25) is 0 Å². The Morgan fingerprint density at radius 1 is 1.35 bits per heavy atom. The highest BCUT2D eigenvalue weighted by Crippen LogP contribution is 2.27. The highest BCUT2D eigenvalue weighted by atomic mass is 16.3. The maximum atomic E-state index is 9.26. The van der Waals surface area contributed by atoms with E-state index in [-0.39, 0.29) is 0 Å². The van der Waals surface area contributed by atoms with E-state index < -0.39 is 0 Å². The van der Waals surface area contributed by atoms with Gasteiger partial charge < -0.3 is 15.3 Å². The van der Waals surface area contributed by atoms with Crippen molar-refractivity contribution in [3.63, 3.8) is 0 Å². The second-order valence-electron chi connectivity index (χ2n) is 5.80. The van der Waals surface area contributed by atoms with Crippen LogP contribution in [0.5, 0.6) is 0 Å². The molecule has 1 aliphatic rings. The van der Waals surface area contributed by atoms with E-state index >= 15 is 0 Å². The van der Waals surface area contributed by atoms with Gasteiger partial charge in [0.25, 0.3) is 0 Å². The fourth-order valence-electron chi connectivity index (χ4n) is 3.01. The van der Waals surface area contributed by atoms with Crippen molar-refractivity contribution >= 4 is 5.82 Å². The van der Waals surface area contributed by atoms with Crippen LogP contribution in [0.4, 0.5) is 5.82 Å². The summed E-state index contributed by atoms with van der Waals surface area (Å²) in [6.45, 7) is 8.57. The molecule has 1 saturated heterocycles. The van der Waals surface area contributed by atoms with E-state index in [1.807, 2.05) is 11.7 Å². The Kier molecular flexibility index (Phi) is 5.43. The summed E-state index contributed by atoms with van der Waals surface area (Å²) in [4.78, 5) is 2.43. The van der Waals surface area contributed by atoms with E-state index in [2.05, 4.69) is 29.2 Å². The summed E-state index contributed by atoms with van der Waals surface area (Å²) in [5.41, 5.74) is 2.44. The lowest BCUT2D eigenvalue weighted by atomic mass is 9.97. The first-order chi connectivity index (χ1) is 9.67. The monoisotopic (exact) mass is 280 g/mol. The molecule has 2 rings (SSSR count). The van der Waals surface area contributed by atoms with Gasteiger partial charge in [-0.1, -0.05) is 6.92 Å². The second-order valence-corrected chi connectivity index (χ2v) is 5.80. The van der Waals surface area contributed by atoms with Crippen LogP contribution in [0.3, 0.4) is 0 Å². The van der Waals surface area contributed by atoms with Crippen LogP contribution in [0, 0.1) is 12.8 Å². The second kappa shape index (κ2) is 7.09. The van der Waals surface area contributed by atoms with E-state index in [1.54, 1.807) is 0 Å². The maximum Gasteiger partial charge on any atom is 0.131 e. The van der Waals surface area contributed by atoms with Crippen LogP contribution in [0.25, 0.3) is 0 Å². The number of piperidine rings is 1. The Morgan fingerprint density at radius 3 is 2.65 bits per heavy atom. The van der Waals surface area contributed by atoms with Crippen molar-refractivity contribution in [2.45, 2.75) is 39.7 Å². The van der Waals surface area contributed by atoms with Crippen LogP contribution in [0.1, 0.15) is 37.4 Å². The third kappa shape index (κ3) is 3.33. The van der Waals surface area contributed by atoms with E-state index in [0.29, 0.717) is 12.5 Å². The molecule has 1 aromatic heterocycles. The third-order valence-electron chi connectivity index (χ3n) is 4.21. The molecule has 2 N–H and O–H groups in total. The van der Waals surface area contributed by atoms with Gasteiger partial charge >= 0.3 is 0 Å². The molecule has 0 radical (unpaired) electrons. The van der Waals surface area contributed by atoms with Crippen molar-refractivity contribution in [1.29, 1.82) is 0 Å². The first-order valence-corrected chi connectivity index (χ1v) is 7.76. The topological polar surface area (TPSA) is 53.3 Å². The summed E-state index contributed by atoms with van der Waals surface area (Å²) in [5.74, 6) is 1.73. The third-order valence-corrected chi connectivity index (χ3v) is 4.21. The highest BCUT2D eigenvalue weighted by molar-refractivity contribution is 5.50. The predicted molar refractivity (Wildman–Crippen MR) is 82.0 cm³/mol. The fourth-order valence-corrected chi connectivity index (χ4v) is 3.01. The minimum Gasteiger partial charge on any atom is -0.396 e. The molecular formula is C15H28N4O. The van der Waals surface area contributed by atoms with Crippen LogP contribution in [-0.2, 0) is 13.6 Å². The molecular weight excluding hydrogens is 252 g/mol. The van der Waals surface area contributed by atoms with Crippen LogP contribution in [0.15, 0.2) is 0 Å². The number of nitrogens with one attached hydrogen (secondary N) is 1. The lowest BCUT2D eigenvalue weighted by molar-refractivity contribution is 0.202. The van der Waals surface area contributed by atoms with E-state index in [1.165, 1.54) is 11.4 Å². The quantitative estimate of drug-likeness (QED) is 0.774. The molecule has 2 heterocycles. The fraction of sp³-hybridized carbons (Fsp3) is 0.800. The predicted octanol–water partition coefficient (Wildman–Crippen LogP) is 1.44. The number of hydrogen-bond donors (Lipinski definition) is 2. The van der Waals surface area contributed by atoms with Crippen molar-refractivity contribution in [1.82, 2.24) is 15.1 Å². The van der Waals surface area contributed by atoms with Gasteiger partial charge in [0.1, 0.15) is 5.82 Å². The van der Waals surface area contributed by atoms with Crippen LogP contribution < -0.4 is 10.2 Å². The van der Waals surface area contributed by atoms with Crippen LogP contribution >= 0.6 is 0 Å². The molecule has 1 fully saturated rings. The van der Waals surface area contributed by atoms with Gasteiger partial charge in [-0.05, 0) is 38.6 Å². The molecule has 0 aliphatic carbocycles. The summed E-state index contributed by atoms with van der Waals surface area (Å²) in [5, 5.41) is 17.3. The number of aryl methyl sites for hydroxylation is 2. The number of aliphatic hydroxyl groups is 1. The molecule has 0 bridgehead atoms. The SMILES string of the molecule is CCCNCc1c(C)nn(C)c1N1CCC(CO)CC1. The highest BCUT2D eigenvalue weighted by Gasteiger charge is 2.24. The average Bonchev–Trinajstić information content (AvgIpc) is 2.74. The summed E-state index contributed by atoms with van der Waals surface area (Å²) < 4.78 is 2.01. The Hall–Kier alpha value is -1.07. The zero-order chi connectivity index (χ0) is 14.5. The van der Waals surface area contributed by atoms with Crippen LogP contribution in [-0.4, -0.2) is 41.1 Å². The lowest BCUT2D eigenvalue weighted by Gasteiger charge is -2.33. The standard InChI is InChI=1S/C15H28N4O/c1-4-7-16-10-14-12(2)17-18(3)15(14)19-8-5-13(11-20)6-9-19/h13,16,20H,4-11H2,1-3H3. The molecule has 0 spiro atoms. The van der Waals surface area contributed by atoms with Crippen molar-refractivity contribution in [3.05, 3.63) is 11.3 Å². The summed E-state index contributed by atoms with van der Waals surface area (Å²) in [7, 11) is 2.03. The molecule has 114 valence electrons. The Bertz CT molecular complexity index is 422. The molecule has 20 heavy (non-hydrogen) atoms. The Morgan fingerprint density at radius 2 is 2.05 bits per heavy atom. The zero-order valence-corrected chi connectivity index (χ0v) is 13.0. The first kappa shape index (κ1) is 15.3. The smallest absolute Gasteiger partial charge is 0.131 e. The van der Waals surface area contributed by atoms with Gasteiger partial charge in [-0.2, -0.15) is 5.10 Å². The maximum absolute atomic E-state index is 9.26. The number of aromatic nitrogens is 2. The van der Waals surface area contributed by atoms with Gasteiger partial charge in [-0.15, -0.1) is 0 Å². The molecule has 0 aromatic carbocycles. The molecule has 0 saturated carbocycles. The van der Waals surface area contributed by atoms with Crippen molar-refractivity contribution in [2.75, 3.05) is 31.1 Å². The number of anilines is 1. The van der Waals surface area contributed by atoms with E-state index in [0.717, 1.165) is 51.1 Å². The van der Waals surface area contributed by atoms with E-state index in [4.69, 9.17) is 0 Å². The lowest BCUT2D eigenvalue weighted by Crippen LogP contribution is -2.36. The van der Waals surface area contributed by atoms with Crippen molar-refractivity contribution in [2.24, 2.45) is 13.0 Å². The molecule has 0 unspecified atom stereocenters. The largest absolute Gasteiger partial charge is 0.396 e. The normalized spacial score (nSPS) is 16.9. The minimum absolute atomic E-state index is 0.323. The molecule has 0 amide bonds. The number of nitrogens with zero attached hydrogens (tertiary/aromatic N) is 3. The van der Waals surface area contributed by atoms with E-state index in [9.17, 15) is 5.11 Å². The van der Waals surface area contributed by atoms with Gasteiger partial charge in [0.2, 0.25) is 0 Å². The van der Waals surface area contributed by atoms with Gasteiger partial charge in [0, 0.05) is 38.9 Å². The minimum atomic E-state index is 0.323. The van der Waals surface area contributed by atoms with Gasteiger partial charge in [0.05, 0.1) is 5.69 Å².